The van der Waals surface area contributed by atoms with Crippen molar-refractivity contribution in [3.05, 3.63) is 35.4 Å². The van der Waals surface area contributed by atoms with Gasteiger partial charge < -0.3 is 20.3 Å². The molecule has 0 aliphatic carbocycles. The Kier molecular flexibility index (Phi) is 10.7. The summed E-state index contributed by atoms with van der Waals surface area (Å²) in [6.07, 6.45) is 3.47. The van der Waals surface area contributed by atoms with Gasteiger partial charge in [0.25, 0.3) is 5.91 Å². The van der Waals surface area contributed by atoms with Crippen molar-refractivity contribution in [2.75, 3.05) is 59.5 Å². The van der Waals surface area contributed by atoms with Crippen LogP contribution >= 0.6 is 24.0 Å². The molecule has 0 unspecified atom stereocenters. The van der Waals surface area contributed by atoms with Crippen LogP contribution in [0.1, 0.15) is 35.2 Å². The van der Waals surface area contributed by atoms with Crippen molar-refractivity contribution in [3.8, 4) is 0 Å². The lowest BCUT2D eigenvalue weighted by Gasteiger charge is -2.27. The average Bonchev–Trinajstić information content (AvgIpc) is 2.77. The molecular weight excluding hydrogens is 481 g/mol. The normalized spacial score (nSPS) is 18.1. The quantitative estimate of drug-likeness (QED) is 0.345. The van der Waals surface area contributed by atoms with E-state index in [1.807, 2.05) is 29.2 Å². The third-order valence-electron chi connectivity index (χ3n) is 5.35. The number of halogens is 1. The van der Waals surface area contributed by atoms with Gasteiger partial charge in [-0.15, -0.1) is 24.0 Å². The van der Waals surface area contributed by atoms with Crippen LogP contribution < -0.4 is 10.6 Å². The monoisotopic (exact) mass is 515 g/mol. The summed E-state index contributed by atoms with van der Waals surface area (Å²) in [6.45, 7) is 7.91. The number of hydrogen-bond donors (Lipinski definition) is 2. The van der Waals surface area contributed by atoms with Crippen LogP contribution in [-0.2, 0) is 11.3 Å². The zero-order valence-electron chi connectivity index (χ0n) is 17.4. The molecule has 0 saturated carbocycles. The summed E-state index contributed by atoms with van der Waals surface area (Å²) in [7, 11) is 1.78. The Morgan fingerprint density at radius 3 is 2.38 bits per heavy atom. The highest BCUT2D eigenvalue weighted by molar-refractivity contribution is 14.0. The first kappa shape index (κ1) is 23.9. The molecule has 0 bridgehead atoms. The number of likely N-dealkylation sites (tertiary alicyclic amines) is 1. The van der Waals surface area contributed by atoms with Gasteiger partial charge in [0.2, 0.25) is 0 Å². The minimum absolute atomic E-state index is 0. The van der Waals surface area contributed by atoms with Gasteiger partial charge in [0.15, 0.2) is 5.96 Å². The molecule has 2 aliphatic heterocycles. The summed E-state index contributed by atoms with van der Waals surface area (Å²) < 4.78 is 5.37. The molecule has 0 spiro atoms. The number of piperidine rings is 1. The van der Waals surface area contributed by atoms with Gasteiger partial charge in [-0.05, 0) is 37.0 Å². The van der Waals surface area contributed by atoms with Crippen LogP contribution in [0.5, 0.6) is 0 Å². The zero-order valence-corrected chi connectivity index (χ0v) is 19.7. The highest BCUT2D eigenvalue weighted by Crippen LogP contribution is 2.13. The SMILES string of the molecule is CN=C(NCCN1CCOCC1)NCc1ccc(C(=O)N2CCCCC2)cc1.I. The van der Waals surface area contributed by atoms with E-state index < -0.39 is 0 Å². The van der Waals surface area contributed by atoms with Crippen LogP contribution in [0, 0.1) is 0 Å². The predicted octanol–water partition coefficient (Wildman–Crippen LogP) is 1.93. The molecule has 2 heterocycles. The van der Waals surface area contributed by atoms with Crippen molar-refractivity contribution in [3.63, 3.8) is 0 Å². The summed E-state index contributed by atoms with van der Waals surface area (Å²) in [5.74, 6) is 0.946. The fraction of sp³-hybridized carbons (Fsp3) is 0.619. The number of hydrogen-bond acceptors (Lipinski definition) is 4. The van der Waals surface area contributed by atoms with Gasteiger partial charge in [0.1, 0.15) is 0 Å². The number of amides is 1. The van der Waals surface area contributed by atoms with Crippen molar-refractivity contribution in [2.24, 2.45) is 4.99 Å². The molecule has 2 fully saturated rings. The second-order valence-corrected chi connectivity index (χ2v) is 7.36. The van der Waals surface area contributed by atoms with E-state index >= 15 is 0 Å². The molecule has 7 nitrogen and oxygen atoms in total. The molecule has 2 saturated heterocycles. The molecule has 29 heavy (non-hydrogen) atoms. The third kappa shape index (κ3) is 7.75. The molecule has 8 heteroatoms. The predicted molar refractivity (Wildman–Crippen MR) is 127 cm³/mol. The van der Waals surface area contributed by atoms with E-state index in [0.29, 0.717) is 6.54 Å². The minimum Gasteiger partial charge on any atom is -0.379 e. The first-order chi connectivity index (χ1) is 13.8. The van der Waals surface area contributed by atoms with E-state index in [1.54, 1.807) is 7.05 Å². The van der Waals surface area contributed by atoms with Gasteiger partial charge in [-0.1, -0.05) is 12.1 Å². The Balaban J connectivity index is 0.00000300. The maximum absolute atomic E-state index is 12.5. The molecule has 2 N–H and O–H groups in total. The van der Waals surface area contributed by atoms with Gasteiger partial charge in [-0.3, -0.25) is 14.7 Å². The number of carbonyl (C=O) groups excluding carboxylic acids is 1. The van der Waals surface area contributed by atoms with E-state index in [-0.39, 0.29) is 29.9 Å². The largest absolute Gasteiger partial charge is 0.379 e. The second kappa shape index (κ2) is 13.0. The van der Waals surface area contributed by atoms with Crippen LogP contribution in [-0.4, -0.2) is 81.2 Å². The Bertz CT molecular complexity index is 641. The molecule has 3 rings (SSSR count). The van der Waals surface area contributed by atoms with Gasteiger partial charge >= 0.3 is 0 Å². The molecule has 0 atom stereocenters. The van der Waals surface area contributed by atoms with Crippen molar-refractivity contribution in [1.82, 2.24) is 20.4 Å². The summed E-state index contributed by atoms with van der Waals surface area (Å²) in [5, 5.41) is 6.69. The summed E-state index contributed by atoms with van der Waals surface area (Å²) >= 11 is 0. The van der Waals surface area contributed by atoms with Gasteiger partial charge in [0.05, 0.1) is 13.2 Å². The number of benzene rings is 1. The second-order valence-electron chi connectivity index (χ2n) is 7.36. The maximum atomic E-state index is 12.5. The van der Waals surface area contributed by atoms with E-state index in [2.05, 4.69) is 20.5 Å². The first-order valence-corrected chi connectivity index (χ1v) is 10.4. The standard InChI is InChI=1S/C21H33N5O2.HI/c1-22-21(23-9-12-25-13-15-28-16-14-25)24-17-18-5-7-19(8-6-18)20(27)26-10-3-2-4-11-26;/h5-8H,2-4,9-17H2,1H3,(H2,22,23,24);1H. The fourth-order valence-electron chi connectivity index (χ4n) is 3.61. The lowest BCUT2D eigenvalue weighted by Crippen LogP contribution is -2.44. The molecule has 1 aromatic rings. The molecule has 2 aliphatic rings. The van der Waals surface area contributed by atoms with Crippen molar-refractivity contribution in [2.45, 2.75) is 25.8 Å². The van der Waals surface area contributed by atoms with E-state index in [4.69, 9.17) is 4.74 Å². The topological polar surface area (TPSA) is 69.2 Å². The Labute approximate surface area is 191 Å². The summed E-state index contributed by atoms with van der Waals surface area (Å²) in [6, 6.07) is 7.90. The Morgan fingerprint density at radius 1 is 1.03 bits per heavy atom. The lowest BCUT2D eigenvalue weighted by atomic mass is 10.1. The number of rotatable bonds is 6. The number of nitrogens with zero attached hydrogens (tertiary/aromatic N) is 3. The zero-order chi connectivity index (χ0) is 19.6. The smallest absolute Gasteiger partial charge is 0.253 e. The van der Waals surface area contributed by atoms with Crippen LogP contribution in [0.15, 0.2) is 29.3 Å². The maximum Gasteiger partial charge on any atom is 0.253 e. The van der Waals surface area contributed by atoms with Gasteiger partial charge in [0, 0.05) is 58.4 Å². The van der Waals surface area contributed by atoms with Crippen molar-refractivity contribution < 1.29 is 9.53 Å². The number of morpholine rings is 1. The number of nitrogens with one attached hydrogen (secondary N) is 2. The number of guanidine groups is 1. The highest BCUT2D eigenvalue weighted by Gasteiger charge is 2.17. The van der Waals surface area contributed by atoms with Crippen LogP contribution in [0.3, 0.4) is 0 Å². The van der Waals surface area contributed by atoms with Crippen LogP contribution in [0.2, 0.25) is 0 Å². The third-order valence-corrected chi connectivity index (χ3v) is 5.35. The first-order valence-electron chi connectivity index (χ1n) is 10.4. The molecule has 1 aromatic carbocycles. The molecule has 1 amide bonds. The molecular formula is C21H34IN5O2. The van der Waals surface area contributed by atoms with E-state index in [9.17, 15) is 4.79 Å². The number of aliphatic imine (C=N–C) groups is 1. The van der Waals surface area contributed by atoms with Gasteiger partial charge in [-0.2, -0.15) is 0 Å². The Morgan fingerprint density at radius 2 is 1.72 bits per heavy atom. The number of carbonyl (C=O) groups is 1. The summed E-state index contributed by atoms with van der Waals surface area (Å²) in [4.78, 5) is 21.2. The van der Waals surface area contributed by atoms with Crippen molar-refractivity contribution in [1.29, 1.82) is 0 Å². The van der Waals surface area contributed by atoms with Crippen molar-refractivity contribution >= 4 is 35.8 Å². The van der Waals surface area contributed by atoms with Crippen LogP contribution in [0.4, 0.5) is 0 Å². The fourth-order valence-corrected chi connectivity index (χ4v) is 3.61. The number of ether oxygens (including phenoxy) is 1. The molecule has 0 aromatic heterocycles. The average molecular weight is 515 g/mol. The van der Waals surface area contributed by atoms with E-state index in [0.717, 1.165) is 82.4 Å². The van der Waals surface area contributed by atoms with E-state index in [1.165, 1.54) is 6.42 Å². The molecule has 0 radical (unpaired) electrons. The van der Waals surface area contributed by atoms with Crippen LogP contribution in [0.25, 0.3) is 0 Å². The Hall–Kier alpha value is -1.39. The lowest BCUT2D eigenvalue weighted by molar-refractivity contribution is 0.0389. The summed E-state index contributed by atoms with van der Waals surface area (Å²) in [5.41, 5.74) is 1.91. The minimum atomic E-state index is 0. The molecule has 162 valence electrons. The van der Waals surface area contributed by atoms with Gasteiger partial charge in [-0.25, -0.2) is 0 Å². The highest BCUT2D eigenvalue weighted by atomic mass is 127.